The van der Waals surface area contributed by atoms with Crippen LogP contribution in [0.4, 0.5) is 5.82 Å². The number of nitrogen functional groups attached to an aromatic ring is 1. The molecule has 0 unspecified atom stereocenters. The lowest BCUT2D eigenvalue weighted by Gasteiger charge is -1.93. The molecule has 1 aromatic rings. The molecule has 2 N–H and O–H groups in total. The highest BCUT2D eigenvalue weighted by Crippen LogP contribution is 2.04. The van der Waals surface area contributed by atoms with Crippen LogP contribution in [0.2, 0.25) is 0 Å². The summed E-state index contributed by atoms with van der Waals surface area (Å²) in [5, 5.41) is 3.36. The Morgan fingerprint density at radius 3 is 3.23 bits per heavy atom. The normalized spacial score (nSPS) is 9.85. The maximum atomic E-state index is 8.00. The fourth-order valence-electron chi connectivity index (χ4n) is 0.842. The highest BCUT2D eigenvalue weighted by molar-refractivity contribution is 5.52. The van der Waals surface area contributed by atoms with Crippen LogP contribution in [0.15, 0.2) is 29.5 Å². The lowest BCUT2D eigenvalue weighted by molar-refractivity contribution is 1.22. The first-order chi connectivity index (χ1) is 6.33. The molecule has 66 valence electrons. The molecular formula is C8H9N5. The van der Waals surface area contributed by atoms with E-state index in [-0.39, 0.29) is 0 Å². The SMILES string of the molecule is [N-]=[N+]=NCC=Cc1ccnc(N)c1. The molecule has 5 nitrogen and oxygen atoms in total. The zero-order valence-electron chi connectivity index (χ0n) is 6.96. The molecule has 0 bridgehead atoms. The van der Waals surface area contributed by atoms with Crippen LogP contribution in [-0.4, -0.2) is 11.5 Å². The number of hydrogen-bond acceptors (Lipinski definition) is 3. The molecule has 1 rings (SSSR count). The van der Waals surface area contributed by atoms with Crippen molar-refractivity contribution in [2.45, 2.75) is 0 Å². The number of nitrogens with two attached hydrogens (primary N) is 1. The average Bonchev–Trinajstić information content (AvgIpc) is 2.13. The molecule has 5 heteroatoms. The Hall–Kier alpha value is -2.00. The molecule has 0 aliphatic rings. The van der Waals surface area contributed by atoms with Crippen LogP contribution in [0.5, 0.6) is 0 Å². The molecular weight excluding hydrogens is 166 g/mol. The van der Waals surface area contributed by atoms with Crippen molar-refractivity contribution >= 4 is 11.9 Å². The Balaban J connectivity index is 2.63. The van der Waals surface area contributed by atoms with E-state index in [0.29, 0.717) is 12.4 Å². The summed E-state index contributed by atoms with van der Waals surface area (Å²) >= 11 is 0. The first-order valence-electron chi connectivity index (χ1n) is 3.72. The minimum absolute atomic E-state index is 0.346. The van der Waals surface area contributed by atoms with E-state index in [0.717, 1.165) is 5.56 Å². The molecule has 13 heavy (non-hydrogen) atoms. The van der Waals surface area contributed by atoms with E-state index < -0.39 is 0 Å². The molecule has 1 heterocycles. The van der Waals surface area contributed by atoms with Gasteiger partial charge in [0.2, 0.25) is 0 Å². The Morgan fingerprint density at radius 2 is 2.54 bits per heavy atom. The van der Waals surface area contributed by atoms with Crippen molar-refractivity contribution < 1.29 is 0 Å². The topological polar surface area (TPSA) is 87.7 Å². The average molecular weight is 175 g/mol. The van der Waals surface area contributed by atoms with Gasteiger partial charge in [0.25, 0.3) is 0 Å². The van der Waals surface area contributed by atoms with Crippen molar-refractivity contribution in [2.24, 2.45) is 5.11 Å². The maximum absolute atomic E-state index is 8.00. The van der Waals surface area contributed by atoms with Crippen LogP contribution in [-0.2, 0) is 0 Å². The Morgan fingerprint density at radius 1 is 1.69 bits per heavy atom. The van der Waals surface area contributed by atoms with Gasteiger partial charge in [-0.25, -0.2) is 4.98 Å². The zero-order chi connectivity index (χ0) is 9.52. The Bertz CT molecular complexity index is 351. The minimum Gasteiger partial charge on any atom is -0.384 e. The first-order valence-corrected chi connectivity index (χ1v) is 3.72. The van der Waals surface area contributed by atoms with Crippen LogP contribution in [0, 0.1) is 0 Å². The molecule has 0 fully saturated rings. The van der Waals surface area contributed by atoms with Gasteiger partial charge >= 0.3 is 0 Å². The van der Waals surface area contributed by atoms with Gasteiger partial charge in [-0.15, -0.1) is 0 Å². The van der Waals surface area contributed by atoms with Gasteiger partial charge in [0.15, 0.2) is 0 Å². The molecule has 0 atom stereocenters. The first kappa shape index (κ1) is 9.09. The molecule has 0 saturated carbocycles. The van der Waals surface area contributed by atoms with Crippen LogP contribution < -0.4 is 5.73 Å². The number of aromatic nitrogens is 1. The number of nitrogens with zero attached hydrogens (tertiary/aromatic N) is 4. The number of hydrogen-bond donors (Lipinski definition) is 1. The minimum atomic E-state index is 0.346. The summed E-state index contributed by atoms with van der Waals surface area (Å²) in [6.45, 7) is 0.346. The fourth-order valence-corrected chi connectivity index (χ4v) is 0.842. The predicted molar refractivity (Wildman–Crippen MR) is 51.7 cm³/mol. The largest absolute Gasteiger partial charge is 0.384 e. The summed E-state index contributed by atoms with van der Waals surface area (Å²) < 4.78 is 0. The van der Waals surface area contributed by atoms with Gasteiger partial charge in [-0.3, -0.25) is 0 Å². The van der Waals surface area contributed by atoms with E-state index in [9.17, 15) is 0 Å². The van der Waals surface area contributed by atoms with Gasteiger partial charge < -0.3 is 5.73 Å². The number of pyridine rings is 1. The maximum Gasteiger partial charge on any atom is 0.123 e. The van der Waals surface area contributed by atoms with Crippen LogP contribution in [0.1, 0.15) is 5.56 Å². The summed E-state index contributed by atoms with van der Waals surface area (Å²) in [6, 6.07) is 3.57. The lowest BCUT2D eigenvalue weighted by atomic mass is 10.2. The van der Waals surface area contributed by atoms with Gasteiger partial charge in [-0.2, -0.15) is 0 Å². The fraction of sp³-hybridized carbons (Fsp3) is 0.125. The molecule has 0 radical (unpaired) electrons. The smallest absolute Gasteiger partial charge is 0.123 e. The molecule has 1 aromatic heterocycles. The standard InChI is InChI=1S/C8H9N5/c9-8-6-7(3-5-11-8)2-1-4-12-13-10/h1-3,5-6H,4H2,(H2,9,11). The second-order valence-electron chi connectivity index (χ2n) is 2.33. The highest BCUT2D eigenvalue weighted by Gasteiger charge is 1.87. The number of azide groups is 1. The molecule has 0 spiro atoms. The van der Waals surface area contributed by atoms with Crippen LogP contribution in [0.25, 0.3) is 16.5 Å². The van der Waals surface area contributed by atoms with Crippen molar-refractivity contribution in [1.29, 1.82) is 0 Å². The van der Waals surface area contributed by atoms with Crippen molar-refractivity contribution in [3.05, 3.63) is 40.4 Å². The molecule has 0 aliphatic heterocycles. The van der Waals surface area contributed by atoms with E-state index in [1.807, 2.05) is 12.1 Å². The summed E-state index contributed by atoms with van der Waals surface area (Å²) in [7, 11) is 0. The quantitative estimate of drug-likeness (QED) is 0.432. The third-order valence-electron chi connectivity index (χ3n) is 1.37. The van der Waals surface area contributed by atoms with Crippen molar-refractivity contribution in [1.82, 2.24) is 4.98 Å². The second-order valence-corrected chi connectivity index (χ2v) is 2.33. The summed E-state index contributed by atoms with van der Waals surface area (Å²) in [4.78, 5) is 6.47. The zero-order valence-corrected chi connectivity index (χ0v) is 6.96. The molecule has 0 saturated heterocycles. The van der Waals surface area contributed by atoms with E-state index >= 15 is 0 Å². The van der Waals surface area contributed by atoms with E-state index in [2.05, 4.69) is 15.0 Å². The van der Waals surface area contributed by atoms with Gasteiger partial charge in [-0.05, 0) is 23.2 Å². The Labute approximate surface area is 75.5 Å². The van der Waals surface area contributed by atoms with Crippen molar-refractivity contribution in [2.75, 3.05) is 12.3 Å². The van der Waals surface area contributed by atoms with E-state index in [1.54, 1.807) is 18.3 Å². The lowest BCUT2D eigenvalue weighted by Crippen LogP contribution is -1.88. The third kappa shape index (κ3) is 3.27. The number of rotatable bonds is 3. The molecule has 0 aliphatic carbocycles. The summed E-state index contributed by atoms with van der Waals surface area (Å²) in [5.41, 5.74) is 14.4. The summed E-state index contributed by atoms with van der Waals surface area (Å²) in [6.07, 6.45) is 5.21. The predicted octanol–water partition coefficient (Wildman–Crippen LogP) is 1.99. The van der Waals surface area contributed by atoms with Gasteiger partial charge in [0, 0.05) is 17.7 Å². The van der Waals surface area contributed by atoms with Gasteiger partial charge in [0.05, 0.1) is 0 Å². The second kappa shape index (κ2) is 4.79. The number of anilines is 1. The molecule has 0 aromatic carbocycles. The molecule has 0 amide bonds. The third-order valence-corrected chi connectivity index (χ3v) is 1.37. The summed E-state index contributed by atoms with van der Waals surface area (Å²) in [5.74, 6) is 0.478. The monoisotopic (exact) mass is 175 g/mol. The Kier molecular flexibility index (Phi) is 3.35. The van der Waals surface area contributed by atoms with Gasteiger partial charge in [0.1, 0.15) is 5.82 Å². The van der Waals surface area contributed by atoms with Crippen LogP contribution in [0.3, 0.4) is 0 Å². The van der Waals surface area contributed by atoms with E-state index in [1.165, 1.54) is 0 Å². The highest BCUT2D eigenvalue weighted by atomic mass is 15.1. The van der Waals surface area contributed by atoms with Crippen molar-refractivity contribution in [3.63, 3.8) is 0 Å². The van der Waals surface area contributed by atoms with Crippen molar-refractivity contribution in [3.8, 4) is 0 Å². The van der Waals surface area contributed by atoms with Gasteiger partial charge in [-0.1, -0.05) is 17.3 Å². The van der Waals surface area contributed by atoms with E-state index in [4.69, 9.17) is 11.3 Å². The van der Waals surface area contributed by atoms with Crippen LogP contribution >= 0.6 is 0 Å².